The molecule has 0 radical (unpaired) electrons. The molecule has 3 nitrogen and oxygen atoms in total. The van der Waals surface area contributed by atoms with E-state index in [1.165, 1.54) is 13.8 Å². The molecular weight excluding hydrogens is 230 g/mol. The molecule has 0 atom stereocenters. The number of alkyl halides is 3. The molecule has 16 heavy (non-hydrogen) atoms. The standard InChI is InChI=1S/C9H13F4NO2/c1-4-14(5-2)7(10)6(8(15)16-3)9(11,12)13/h4-5H2,1-3H3/b7-6-. The summed E-state index contributed by atoms with van der Waals surface area (Å²) in [6, 6.07) is 0. The second-order valence-electron chi connectivity index (χ2n) is 2.83. The molecule has 0 aromatic heterocycles. The first-order valence-electron chi connectivity index (χ1n) is 4.59. The van der Waals surface area contributed by atoms with E-state index in [-0.39, 0.29) is 13.1 Å². The highest BCUT2D eigenvalue weighted by Crippen LogP contribution is 2.31. The van der Waals surface area contributed by atoms with Gasteiger partial charge >= 0.3 is 12.1 Å². The Kier molecular flexibility index (Phi) is 5.26. The third kappa shape index (κ3) is 3.39. The molecular formula is C9H13F4NO2. The van der Waals surface area contributed by atoms with E-state index in [2.05, 4.69) is 4.74 Å². The van der Waals surface area contributed by atoms with Gasteiger partial charge in [0.25, 0.3) is 0 Å². The average Bonchev–Trinajstić information content (AvgIpc) is 2.17. The average molecular weight is 243 g/mol. The van der Waals surface area contributed by atoms with Gasteiger partial charge in [0.05, 0.1) is 7.11 Å². The normalized spacial score (nSPS) is 13.2. The molecule has 0 saturated carbocycles. The summed E-state index contributed by atoms with van der Waals surface area (Å²) in [4.78, 5) is 11.7. The number of hydrogen-bond donors (Lipinski definition) is 0. The lowest BCUT2D eigenvalue weighted by atomic mass is 10.2. The van der Waals surface area contributed by atoms with Crippen LogP contribution in [-0.4, -0.2) is 37.2 Å². The fourth-order valence-corrected chi connectivity index (χ4v) is 1.08. The third-order valence-electron chi connectivity index (χ3n) is 1.92. The van der Waals surface area contributed by atoms with Crippen molar-refractivity contribution >= 4 is 5.97 Å². The van der Waals surface area contributed by atoms with Crippen LogP contribution in [0.15, 0.2) is 11.5 Å². The Bertz CT molecular complexity index is 282. The number of ether oxygens (including phenoxy) is 1. The van der Waals surface area contributed by atoms with Crippen molar-refractivity contribution in [2.45, 2.75) is 20.0 Å². The maximum absolute atomic E-state index is 13.5. The minimum Gasteiger partial charge on any atom is -0.465 e. The van der Waals surface area contributed by atoms with Gasteiger partial charge < -0.3 is 9.64 Å². The molecule has 94 valence electrons. The number of hydrogen-bond acceptors (Lipinski definition) is 3. The van der Waals surface area contributed by atoms with Crippen LogP contribution in [-0.2, 0) is 9.53 Å². The van der Waals surface area contributed by atoms with Gasteiger partial charge in [-0.15, -0.1) is 0 Å². The first kappa shape index (κ1) is 14.7. The van der Waals surface area contributed by atoms with Crippen molar-refractivity contribution in [1.29, 1.82) is 0 Å². The Labute approximate surface area is 90.7 Å². The Morgan fingerprint density at radius 3 is 1.94 bits per heavy atom. The van der Waals surface area contributed by atoms with E-state index in [9.17, 15) is 22.4 Å². The molecule has 0 fully saturated rings. The molecule has 0 heterocycles. The Morgan fingerprint density at radius 2 is 1.69 bits per heavy atom. The van der Waals surface area contributed by atoms with Crippen LogP contribution in [0.3, 0.4) is 0 Å². The van der Waals surface area contributed by atoms with Gasteiger partial charge in [0.15, 0.2) is 5.57 Å². The summed E-state index contributed by atoms with van der Waals surface area (Å²) < 4.78 is 54.6. The van der Waals surface area contributed by atoms with Crippen molar-refractivity contribution in [2.75, 3.05) is 20.2 Å². The summed E-state index contributed by atoms with van der Waals surface area (Å²) in [6.45, 7) is 3.01. The molecule has 0 unspecified atom stereocenters. The van der Waals surface area contributed by atoms with Crippen molar-refractivity contribution in [2.24, 2.45) is 0 Å². The molecule has 0 aromatic carbocycles. The lowest BCUT2D eigenvalue weighted by Crippen LogP contribution is -2.29. The number of carbonyl (C=O) groups excluding carboxylic acids is 1. The molecule has 0 bridgehead atoms. The van der Waals surface area contributed by atoms with E-state index >= 15 is 0 Å². The molecule has 0 aliphatic rings. The van der Waals surface area contributed by atoms with Crippen molar-refractivity contribution in [1.82, 2.24) is 4.90 Å². The van der Waals surface area contributed by atoms with Crippen LogP contribution in [0.4, 0.5) is 17.6 Å². The summed E-state index contributed by atoms with van der Waals surface area (Å²) in [5.41, 5.74) is -1.90. The maximum Gasteiger partial charge on any atom is 0.427 e. The lowest BCUT2D eigenvalue weighted by molar-refractivity contribution is -0.149. The Balaban J connectivity index is 5.45. The predicted molar refractivity (Wildman–Crippen MR) is 49.1 cm³/mol. The summed E-state index contributed by atoms with van der Waals surface area (Å²) in [7, 11) is 0.767. The second kappa shape index (κ2) is 5.72. The first-order chi connectivity index (χ1) is 7.29. The highest BCUT2D eigenvalue weighted by molar-refractivity contribution is 5.90. The van der Waals surface area contributed by atoms with Gasteiger partial charge in [-0.3, -0.25) is 0 Å². The number of methoxy groups -OCH3 is 1. The monoisotopic (exact) mass is 243 g/mol. The largest absolute Gasteiger partial charge is 0.465 e. The summed E-state index contributed by atoms with van der Waals surface area (Å²) in [6.07, 6.45) is -5.07. The molecule has 7 heteroatoms. The SMILES string of the molecule is CCN(CC)/C(F)=C(/C(=O)OC)C(F)(F)F. The van der Waals surface area contributed by atoms with E-state index in [0.717, 1.165) is 12.0 Å². The van der Waals surface area contributed by atoms with Crippen molar-refractivity contribution in [3.63, 3.8) is 0 Å². The minimum atomic E-state index is -5.07. The molecule has 0 aliphatic carbocycles. The summed E-state index contributed by atoms with van der Waals surface area (Å²) >= 11 is 0. The van der Waals surface area contributed by atoms with Crippen molar-refractivity contribution in [3.8, 4) is 0 Å². The van der Waals surface area contributed by atoms with Crippen LogP contribution >= 0.6 is 0 Å². The zero-order valence-corrected chi connectivity index (χ0v) is 9.19. The van der Waals surface area contributed by atoms with Gasteiger partial charge in [-0.25, -0.2) is 4.79 Å². The molecule has 0 saturated heterocycles. The fourth-order valence-electron chi connectivity index (χ4n) is 1.08. The summed E-state index contributed by atoms with van der Waals surface area (Å²) in [5, 5.41) is 0. The van der Waals surface area contributed by atoms with Crippen LogP contribution < -0.4 is 0 Å². The number of halogens is 4. The number of carbonyl (C=O) groups is 1. The minimum absolute atomic E-state index is 0.0267. The van der Waals surface area contributed by atoms with Crippen LogP contribution in [0.5, 0.6) is 0 Å². The predicted octanol–water partition coefficient (Wildman–Crippen LogP) is 2.24. The summed E-state index contributed by atoms with van der Waals surface area (Å²) in [5.74, 6) is -3.33. The molecule has 0 rings (SSSR count). The van der Waals surface area contributed by atoms with Crippen LogP contribution in [0.2, 0.25) is 0 Å². The van der Waals surface area contributed by atoms with E-state index < -0.39 is 23.7 Å². The van der Waals surface area contributed by atoms with Gasteiger partial charge in [0.1, 0.15) is 0 Å². The Morgan fingerprint density at radius 1 is 1.25 bits per heavy atom. The topological polar surface area (TPSA) is 29.5 Å². The fraction of sp³-hybridized carbons (Fsp3) is 0.667. The van der Waals surface area contributed by atoms with Gasteiger partial charge in [0.2, 0.25) is 5.95 Å². The molecule has 0 spiro atoms. The van der Waals surface area contributed by atoms with Crippen molar-refractivity contribution < 1.29 is 27.1 Å². The van der Waals surface area contributed by atoms with E-state index in [4.69, 9.17) is 0 Å². The lowest BCUT2D eigenvalue weighted by Gasteiger charge is -2.21. The molecule has 0 aliphatic heterocycles. The van der Waals surface area contributed by atoms with E-state index in [1.54, 1.807) is 0 Å². The zero-order chi connectivity index (χ0) is 12.9. The van der Waals surface area contributed by atoms with Gasteiger partial charge in [-0.05, 0) is 13.8 Å². The number of esters is 1. The van der Waals surface area contributed by atoms with Crippen LogP contribution in [0, 0.1) is 0 Å². The smallest absolute Gasteiger partial charge is 0.427 e. The van der Waals surface area contributed by atoms with Crippen LogP contribution in [0.25, 0.3) is 0 Å². The number of rotatable bonds is 4. The van der Waals surface area contributed by atoms with Gasteiger partial charge in [-0.1, -0.05) is 0 Å². The first-order valence-corrected chi connectivity index (χ1v) is 4.59. The molecule has 0 N–H and O–H groups in total. The van der Waals surface area contributed by atoms with E-state index in [0.29, 0.717) is 0 Å². The maximum atomic E-state index is 13.5. The Hall–Kier alpha value is -1.27. The van der Waals surface area contributed by atoms with Crippen LogP contribution in [0.1, 0.15) is 13.8 Å². The molecule has 0 amide bonds. The zero-order valence-electron chi connectivity index (χ0n) is 9.19. The van der Waals surface area contributed by atoms with Gasteiger partial charge in [-0.2, -0.15) is 17.6 Å². The van der Waals surface area contributed by atoms with Gasteiger partial charge in [0, 0.05) is 13.1 Å². The quantitative estimate of drug-likeness (QED) is 0.328. The molecule has 0 aromatic rings. The third-order valence-corrected chi connectivity index (χ3v) is 1.92. The second-order valence-corrected chi connectivity index (χ2v) is 2.83. The van der Waals surface area contributed by atoms with Crippen molar-refractivity contribution in [3.05, 3.63) is 11.5 Å². The highest BCUT2D eigenvalue weighted by Gasteiger charge is 2.44. The highest BCUT2D eigenvalue weighted by atomic mass is 19.4. The number of nitrogens with zero attached hydrogens (tertiary/aromatic N) is 1. The van der Waals surface area contributed by atoms with E-state index in [1.807, 2.05) is 0 Å².